The van der Waals surface area contributed by atoms with Gasteiger partial charge < -0.3 is 5.11 Å². The molecule has 0 bridgehead atoms. The Balaban J connectivity index is 2.10. The Kier molecular flexibility index (Phi) is 3.20. The average Bonchev–Trinajstić information content (AvgIpc) is 3.17. The molecule has 3 rings (SSSR count). The lowest BCUT2D eigenvalue weighted by Crippen LogP contribution is -2.29. The van der Waals surface area contributed by atoms with Gasteiger partial charge in [0.1, 0.15) is 5.52 Å². The molecule has 0 spiro atoms. The molecule has 2 aromatic heterocycles. The van der Waals surface area contributed by atoms with Gasteiger partial charge in [-0.25, -0.2) is 9.97 Å². The van der Waals surface area contributed by atoms with E-state index in [4.69, 9.17) is 5.11 Å². The van der Waals surface area contributed by atoms with Gasteiger partial charge >= 0.3 is 5.97 Å². The van der Waals surface area contributed by atoms with Gasteiger partial charge in [-0.3, -0.25) is 9.36 Å². The van der Waals surface area contributed by atoms with E-state index >= 15 is 0 Å². The van der Waals surface area contributed by atoms with Gasteiger partial charge in [-0.15, -0.1) is 0 Å². The largest absolute Gasteiger partial charge is 0.481 e. The molecule has 0 atom stereocenters. The van der Waals surface area contributed by atoms with Gasteiger partial charge in [-0.2, -0.15) is 0 Å². The minimum absolute atomic E-state index is 0.0179. The summed E-state index contributed by atoms with van der Waals surface area (Å²) in [6.07, 6.45) is 4.18. The number of carboxylic acids is 1. The summed E-state index contributed by atoms with van der Waals surface area (Å²) < 4.78 is 2.12. The van der Waals surface area contributed by atoms with E-state index in [9.17, 15) is 4.79 Å². The maximum atomic E-state index is 10.8. The molecule has 2 aromatic rings. The van der Waals surface area contributed by atoms with E-state index in [2.05, 4.69) is 28.4 Å². The molecule has 20 heavy (non-hydrogen) atoms. The third kappa shape index (κ3) is 2.28. The molecular weight excluding hydrogens is 274 g/mol. The molecule has 2 heterocycles. The van der Waals surface area contributed by atoms with Crippen molar-refractivity contribution >= 4 is 28.9 Å². The zero-order valence-electron chi connectivity index (χ0n) is 11.5. The second-order valence-corrected chi connectivity index (χ2v) is 6.63. The van der Waals surface area contributed by atoms with Gasteiger partial charge in [0.25, 0.3) is 0 Å². The van der Waals surface area contributed by atoms with Crippen LogP contribution in [-0.2, 0) is 10.3 Å². The van der Waals surface area contributed by atoms with Crippen LogP contribution < -0.4 is 0 Å². The molecule has 106 valence electrons. The monoisotopic (exact) mass is 291 g/mol. The Hall–Kier alpha value is -1.56. The van der Waals surface area contributed by atoms with Crippen molar-refractivity contribution in [2.45, 2.75) is 37.4 Å². The zero-order chi connectivity index (χ0) is 14.3. The number of hydrogen-bond acceptors (Lipinski definition) is 4. The molecule has 0 unspecified atom stereocenters. The van der Waals surface area contributed by atoms with E-state index in [1.54, 1.807) is 6.20 Å². The van der Waals surface area contributed by atoms with Gasteiger partial charge in [0, 0.05) is 11.7 Å². The third-order valence-corrected chi connectivity index (χ3v) is 4.79. The summed E-state index contributed by atoms with van der Waals surface area (Å²) in [5.41, 5.74) is 1.59. The Morgan fingerprint density at radius 3 is 2.95 bits per heavy atom. The van der Waals surface area contributed by atoms with Crippen LogP contribution in [0.25, 0.3) is 11.2 Å². The van der Waals surface area contributed by atoms with Crippen LogP contribution in [0.4, 0.5) is 0 Å². The smallest absolute Gasteiger partial charge is 0.313 e. The van der Waals surface area contributed by atoms with Crippen LogP contribution in [0, 0.1) is 5.92 Å². The highest BCUT2D eigenvalue weighted by Gasteiger charge is 2.41. The van der Waals surface area contributed by atoms with E-state index in [1.807, 2.05) is 12.1 Å². The van der Waals surface area contributed by atoms with Crippen LogP contribution >= 0.6 is 11.8 Å². The van der Waals surface area contributed by atoms with Crippen molar-refractivity contribution in [2.24, 2.45) is 5.92 Å². The molecule has 1 aliphatic rings. The standard InChI is InChI=1S/C14H17N3O2S/c1-14(2,9-5-6-9)17-12-10(4-3-7-15-12)16-13(17)20-8-11(18)19/h3-4,7,9H,5-6,8H2,1-2H3,(H,18,19). The van der Waals surface area contributed by atoms with Crippen LogP contribution in [0.1, 0.15) is 26.7 Å². The Morgan fingerprint density at radius 2 is 2.30 bits per heavy atom. The first kappa shape index (κ1) is 13.4. The number of carboxylic acid groups (broad SMARTS) is 1. The van der Waals surface area contributed by atoms with Gasteiger partial charge in [0.05, 0.1) is 5.75 Å². The number of aromatic nitrogens is 3. The van der Waals surface area contributed by atoms with Crippen LogP contribution in [0.3, 0.4) is 0 Å². The number of fused-ring (bicyclic) bond motifs is 1. The maximum Gasteiger partial charge on any atom is 0.313 e. The van der Waals surface area contributed by atoms with Crippen LogP contribution in [0.15, 0.2) is 23.5 Å². The van der Waals surface area contributed by atoms with Crippen molar-refractivity contribution in [1.29, 1.82) is 0 Å². The van der Waals surface area contributed by atoms with E-state index < -0.39 is 5.97 Å². The fourth-order valence-corrected chi connectivity index (χ4v) is 3.47. The molecule has 0 aliphatic heterocycles. The average molecular weight is 291 g/mol. The second kappa shape index (κ2) is 4.77. The van der Waals surface area contributed by atoms with Crippen molar-refractivity contribution in [3.05, 3.63) is 18.3 Å². The number of pyridine rings is 1. The Morgan fingerprint density at radius 1 is 1.55 bits per heavy atom. The number of rotatable bonds is 5. The fraction of sp³-hybridized carbons (Fsp3) is 0.500. The van der Waals surface area contributed by atoms with Gasteiger partial charge in [0.15, 0.2) is 10.8 Å². The van der Waals surface area contributed by atoms with E-state index in [0.717, 1.165) is 16.3 Å². The SMILES string of the molecule is CC(C)(C1CC1)n1c(SCC(=O)O)nc2cccnc21. The first-order valence-electron chi connectivity index (χ1n) is 6.68. The molecular formula is C14H17N3O2S. The zero-order valence-corrected chi connectivity index (χ0v) is 12.4. The molecule has 1 saturated carbocycles. The number of imidazole rings is 1. The van der Waals surface area contributed by atoms with Crippen LogP contribution in [-0.4, -0.2) is 31.4 Å². The molecule has 0 aromatic carbocycles. The normalized spacial score (nSPS) is 15.7. The molecule has 6 heteroatoms. The molecule has 1 N–H and O–H groups in total. The predicted octanol–water partition coefficient (Wildman–Crippen LogP) is 2.75. The molecule has 1 fully saturated rings. The number of thioether (sulfide) groups is 1. The lowest BCUT2D eigenvalue weighted by molar-refractivity contribution is -0.133. The molecule has 0 radical (unpaired) electrons. The number of nitrogens with zero attached hydrogens (tertiary/aromatic N) is 3. The van der Waals surface area contributed by atoms with Crippen LogP contribution in [0.5, 0.6) is 0 Å². The summed E-state index contributed by atoms with van der Waals surface area (Å²) in [5, 5.41) is 9.64. The summed E-state index contributed by atoms with van der Waals surface area (Å²) in [6, 6.07) is 3.78. The highest BCUT2D eigenvalue weighted by Crippen LogP contribution is 2.46. The predicted molar refractivity (Wildman–Crippen MR) is 77.9 cm³/mol. The molecule has 5 nitrogen and oxygen atoms in total. The maximum absolute atomic E-state index is 10.8. The number of hydrogen-bond donors (Lipinski definition) is 1. The molecule has 0 saturated heterocycles. The number of aliphatic carboxylic acids is 1. The summed E-state index contributed by atoms with van der Waals surface area (Å²) >= 11 is 1.27. The first-order valence-corrected chi connectivity index (χ1v) is 7.67. The van der Waals surface area contributed by atoms with Crippen molar-refractivity contribution in [3.63, 3.8) is 0 Å². The Labute approximate surface area is 121 Å². The summed E-state index contributed by atoms with van der Waals surface area (Å²) in [6.45, 7) is 4.37. The van der Waals surface area contributed by atoms with Crippen molar-refractivity contribution in [3.8, 4) is 0 Å². The van der Waals surface area contributed by atoms with Gasteiger partial charge in [-0.05, 0) is 44.7 Å². The lowest BCUT2D eigenvalue weighted by atomic mass is 9.98. The Bertz CT molecular complexity index is 661. The van der Waals surface area contributed by atoms with E-state index in [-0.39, 0.29) is 11.3 Å². The van der Waals surface area contributed by atoms with E-state index in [0.29, 0.717) is 5.92 Å². The number of carbonyl (C=O) groups is 1. The van der Waals surface area contributed by atoms with E-state index in [1.165, 1.54) is 24.6 Å². The fourth-order valence-electron chi connectivity index (χ4n) is 2.61. The van der Waals surface area contributed by atoms with Gasteiger partial charge in [-0.1, -0.05) is 11.8 Å². The molecule has 1 aliphatic carbocycles. The minimum Gasteiger partial charge on any atom is -0.481 e. The topological polar surface area (TPSA) is 68.0 Å². The quantitative estimate of drug-likeness (QED) is 0.858. The van der Waals surface area contributed by atoms with Crippen molar-refractivity contribution in [1.82, 2.24) is 14.5 Å². The van der Waals surface area contributed by atoms with Gasteiger partial charge in [0.2, 0.25) is 0 Å². The summed E-state index contributed by atoms with van der Waals surface area (Å²) in [7, 11) is 0. The third-order valence-electron chi connectivity index (χ3n) is 3.86. The lowest BCUT2D eigenvalue weighted by Gasteiger charge is -2.28. The summed E-state index contributed by atoms with van der Waals surface area (Å²) in [4.78, 5) is 19.8. The molecule has 0 amide bonds. The summed E-state index contributed by atoms with van der Waals surface area (Å²) in [5.74, 6) is -0.193. The van der Waals surface area contributed by atoms with Crippen LogP contribution in [0.2, 0.25) is 0 Å². The first-order chi connectivity index (χ1) is 9.50. The highest BCUT2D eigenvalue weighted by atomic mass is 32.2. The highest BCUT2D eigenvalue weighted by molar-refractivity contribution is 7.99. The minimum atomic E-state index is -0.828. The van der Waals surface area contributed by atoms with Crippen molar-refractivity contribution < 1.29 is 9.90 Å². The second-order valence-electron chi connectivity index (χ2n) is 5.69. The van der Waals surface area contributed by atoms with Crippen molar-refractivity contribution in [2.75, 3.05) is 5.75 Å².